The van der Waals surface area contributed by atoms with Gasteiger partial charge < -0.3 is 18.9 Å². The molecule has 2 bridgehead atoms. The van der Waals surface area contributed by atoms with Gasteiger partial charge in [0.25, 0.3) is 0 Å². The standard InChI is InChI=1S/C18H20O6/c1-21-12-5-3-11(4-6-12)10-23-8-7-13-16(18(20)22-2)15-9-14(19)17(13)24-15/h3-7,15-17H,8-10H2,1-2H3/b13-7+/t15-,16-,17-/m0/s1. The molecule has 1 aromatic carbocycles. The Morgan fingerprint density at radius 3 is 2.71 bits per heavy atom. The zero-order chi connectivity index (χ0) is 17.1. The molecule has 3 atom stereocenters. The summed E-state index contributed by atoms with van der Waals surface area (Å²) in [6.07, 6.45) is 1.02. The number of ether oxygens (including phenoxy) is 4. The SMILES string of the molecule is COC(=O)[C@H]1/C(=C\COCc2ccc(OC)cc2)[C@@H]2O[C@H]1CC2=O. The molecule has 0 amide bonds. The van der Waals surface area contributed by atoms with Crippen LogP contribution in [0.1, 0.15) is 12.0 Å². The van der Waals surface area contributed by atoms with Crippen LogP contribution in [0.3, 0.4) is 0 Å². The summed E-state index contributed by atoms with van der Waals surface area (Å²) in [6.45, 7) is 0.730. The second-order valence-corrected chi connectivity index (χ2v) is 5.79. The van der Waals surface area contributed by atoms with Gasteiger partial charge in [0, 0.05) is 6.42 Å². The molecular weight excluding hydrogens is 312 g/mol. The van der Waals surface area contributed by atoms with Crippen molar-refractivity contribution in [3.63, 3.8) is 0 Å². The molecule has 2 heterocycles. The lowest BCUT2D eigenvalue weighted by atomic mass is 9.83. The van der Waals surface area contributed by atoms with E-state index in [2.05, 4.69) is 0 Å². The molecule has 3 rings (SSSR count). The summed E-state index contributed by atoms with van der Waals surface area (Å²) >= 11 is 0. The van der Waals surface area contributed by atoms with Crippen LogP contribution in [0.2, 0.25) is 0 Å². The van der Waals surface area contributed by atoms with Gasteiger partial charge in [-0.05, 0) is 23.3 Å². The Balaban J connectivity index is 1.60. The lowest BCUT2D eigenvalue weighted by Gasteiger charge is -2.18. The van der Waals surface area contributed by atoms with E-state index in [4.69, 9.17) is 18.9 Å². The third-order valence-corrected chi connectivity index (χ3v) is 4.36. The fourth-order valence-corrected chi connectivity index (χ4v) is 3.15. The normalized spacial score (nSPS) is 26.8. The van der Waals surface area contributed by atoms with Crippen molar-refractivity contribution in [3.05, 3.63) is 41.5 Å². The van der Waals surface area contributed by atoms with Gasteiger partial charge in [-0.3, -0.25) is 9.59 Å². The largest absolute Gasteiger partial charge is 0.497 e. The molecule has 128 valence electrons. The van der Waals surface area contributed by atoms with Crippen molar-refractivity contribution in [2.75, 3.05) is 20.8 Å². The van der Waals surface area contributed by atoms with Crippen molar-refractivity contribution in [3.8, 4) is 5.75 Å². The van der Waals surface area contributed by atoms with Gasteiger partial charge in [-0.25, -0.2) is 0 Å². The summed E-state index contributed by atoms with van der Waals surface area (Å²) in [7, 11) is 2.96. The Kier molecular flexibility index (Phi) is 4.97. The van der Waals surface area contributed by atoms with Gasteiger partial charge in [-0.15, -0.1) is 0 Å². The molecule has 2 aliphatic heterocycles. The highest BCUT2D eigenvalue weighted by atomic mass is 16.5. The van der Waals surface area contributed by atoms with Crippen LogP contribution < -0.4 is 4.74 Å². The van der Waals surface area contributed by atoms with Gasteiger partial charge in [0.1, 0.15) is 17.8 Å². The number of carbonyl (C=O) groups excluding carboxylic acids is 2. The van der Waals surface area contributed by atoms with Crippen LogP contribution in [0.15, 0.2) is 35.9 Å². The number of hydrogen-bond acceptors (Lipinski definition) is 6. The first-order valence-electron chi connectivity index (χ1n) is 7.80. The molecule has 0 unspecified atom stereocenters. The number of methoxy groups -OCH3 is 2. The van der Waals surface area contributed by atoms with E-state index in [0.717, 1.165) is 11.3 Å². The number of hydrogen-bond donors (Lipinski definition) is 0. The molecule has 0 saturated carbocycles. The molecule has 0 aromatic heterocycles. The highest BCUT2D eigenvalue weighted by Crippen LogP contribution is 2.41. The molecule has 0 N–H and O–H groups in total. The van der Waals surface area contributed by atoms with Gasteiger partial charge in [0.05, 0.1) is 33.5 Å². The minimum Gasteiger partial charge on any atom is -0.497 e. The average molecular weight is 332 g/mol. The Bertz CT molecular complexity index is 648. The van der Waals surface area contributed by atoms with Crippen molar-refractivity contribution < 1.29 is 28.5 Å². The molecule has 2 fully saturated rings. The van der Waals surface area contributed by atoms with Crippen molar-refractivity contribution in [1.82, 2.24) is 0 Å². The first-order valence-corrected chi connectivity index (χ1v) is 7.80. The number of rotatable bonds is 6. The van der Waals surface area contributed by atoms with Gasteiger partial charge in [-0.2, -0.15) is 0 Å². The van der Waals surface area contributed by atoms with E-state index in [1.54, 1.807) is 13.2 Å². The molecule has 1 aromatic rings. The summed E-state index contributed by atoms with van der Waals surface area (Å²) in [5.41, 5.74) is 1.68. The highest BCUT2D eigenvalue weighted by molar-refractivity contribution is 5.94. The Morgan fingerprint density at radius 2 is 2.04 bits per heavy atom. The van der Waals surface area contributed by atoms with E-state index in [-0.39, 0.29) is 18.2 Å². The number of benzene rings is 1. The lowest BCUT2D eigenvalue weighted by Crippen LogP contribution is -2.32. The van der Waals surface area contributed by atoms with E-state index >= 15 is 0 Å². The maximum Gasteiger partial charge on any atom is 0.315 e. The summed E-state index contributed by atoms with van der Waals surface area (Å²) in [5, 5.41) is 0. The van der Waals surface area contributed by atoms with Gasteiger partial charge >= 0.3 is 5.97 Å². The zero-order valence-corrected chi connectivity index (χ0v) is 13.7. The number of Topliss-reactive ketones (excluding diaryl/α,β-unsaturated/α-hetero) is 1. The molecule has 0 aliphatic carbocycles. The van der Waals surface area contributed by atoms with Crippen molar-refractivity contribution in [1.29, 1.82) is 0 Å². The minimum atomic E-state index is -0.622. The highest BCUT2D eigenvalue weighted by Gasteiger charge is 2.53. The van der Waals surface area contributed by atoms with Crippen LogP contribution in [0.4, 0.5) is 0 Å². The monoisotopic (exact) mass is 332 g/mol. The molecule has 2 aliphatic rings. The second-order valence-electron chi connectivity index (χ2n) is 5.79. The predicted octanol–water partition coefficient (Wildman–Crippen LogP) is 1.67. The van der Waals surface area contributed by atoms with E-state index in [9.17, 15) is 9.59 Å². The summed E-state index contributed by atoms with van der Waals surface area (Å²) in [5.74, 6) is -0.0559. The van der Waals surface area contributed by atoms with Gasteiger partial charge in [-0.1, -0.05) is 18.2 Å². The van der Waals surface area contributed by atoms with E-state index in [1.807, 2.05) is 24.3 Å². The fraction of sp³-hybridized carbons (Fsp3) is 0.444. The molecular formula is C18H20O6. The number of carbonyl (C=O) groups is 2. The first-order chi connectivity index (χ1) is 11.6. The molecule has 0 spiro atoms. The molecule has 24 heavy (non-hydrogen) atoms. The average Bonchev–Trinajstić information content (AvgIpc) is 3.15. The summed E-state index contributed by atoms with van der Waals surface area (Å²) < 4.78 is 21.1. The van der Waals surface area contributed by atoms with Crippen LogP contribution in [-0.4, -0.2) is 44.8 Å². The van der Waals surface area contributed by atoms with Crippen molar-refractivity contribution in [2.45, 2.75) is 25.2 Å². The van der Waals surface area contributed by atoms with Crippen LogP contribution in [0.25, 0.3) is 0 Å². The molecule has 6 nitrogen and oxygen atoms in total. The van der Waals surface area contributed by atoms with Crippen LogP contribution in [0.5, 0.6) is 5.75 Å². The van der Waals surface area contributed by atoms with E-state index in [0.29, 0.717) is 18.8 Å². The lowest BCUT2D eigenvalue weighted by molar-refractivity contribution is -0.145. The Morgan fingerprint density at radius 1 is 1.29 bits per heavy atom. The van der Waals surface area contributed by atoms with E-state index in [1.165, 1.54) is 7.11 Å². The van der Waals surface area contributed by atoms with Gasteiger partial charge in [0.2, 0.25) is 0 Å². The molecule has 6 heteroatoms. The molecule has 2 saturated heterocycles. The Hall–Kier alpha value is -2.18. The third-order valence-electron chi connectivity index (χ3n) is 4.36. The predicted molar refractivity (Wildman–Crippen MR) is 84.5 cm³/mol. The maximum atomic E-state index is 11.9. The van der Waals surface area contributed by atoms with E-state index < -0.39 is 18.1 Å². The summed E-state index contributed by atoms with van der Waals surface area (Å²) in [4.78, 5) is 23.8. The number of ketones is 1. The molecule has 0 radical (unpaired) electrons. The number of esters is 1. The van der Waals surface area contributed by atoms with Crippen LogP contribution in [-0.2, 0) is 30.4 Å². The Labute approximate surface area is 140 Å². The second kappa shape index (κ2) is 7.15. The quantitative estimate of drug-likeness (QED) is 0.448. The van der Waals surface area contributed by atoms with Crippen molar-refractivity contribution in [2.24, 2.45) is 5.92 Å². The van der Waals surface area contributed by atoms with Crippen molar-refractivity contribution >= 4 is 11.8 Å². The fourth-order valence-electron chi connectivity index (χ4n) is 3.15. The summed E-state index contributed by atoms with van der Waals surface area (Å²) in [6, 6.07) is 7.58. The smallest absolute Gasteiger partial charge is 0.315 e. The zero-order valence-electron chi connectivity index (χ0n) is 13.7. The number of fused-ring (bicyclic) bond motifs is 2. The maximum absolute atomic E-state index is 11.9. The third kappa shape index (κ3) is 3.20. The van der Waals surface area contributed by atoms with Crippen LogP contribution >= 0.6 is 0 Å². The van der Waals surface area contributed by atoms with Crippen LogP contribution in [0, 0.1) is 5.92 Å². The minimum absolute atomic E-state index is 0.0153. The topological polar surface area (TPSA) is 71.1 Å². The van der Waals surface area contributed by atoms with Gasteiger partial charge in [0.15, 0.2) is 5.78 Å². The first kappa shape index (κ1) is 16.7.